The van der Waals surface area contributed by atoms with E-state index in [-0.39, 0.29) is 0 Å². The second-order valence-electron chi connectivity index (χ2n) is 7.14. The summed E-state index contributed by atoms with van der Waals surface area (Å²) in [6.07, 6.45) is 2.81. The predicted octanol–water partition coefficient (Wildman–Crippen LogP) is 2.12. The second kappa shape index (κ2) is 5.71. The van der Waals surface area contributed by atoms with E-state index in [0.717, 1.165) is 18.5 Å². The highest BCUT2D eigenvalue weighted by atomic mass is 15.3. The van der Waals surface area contributed by atoms with Gasteiger partial charge < -0.3 is 10.2 Å². The van der Waals surface area contributed by atoms with Crippen molar-refractivity contribution in [2.24, 2.45) is 5.92 Å². The van der Waals surface area contributed by atoms with Crippen molar-refractivity contribution in [3.05, 3.63) is 35.9 Å². The van der Waals surface area contributed by atoms with Gasteiger partial charge in [0, 0.05) is 37.8 Å². The molecule has 1 N–H and O–H groups in total. The number of nitrogens with zero attached hydrogens (tertiary/aromatic N) is 2. The molecule has 0 aliphatic carbocycles. The molecule has 1 aromatic carbocycles. The van der Waals surface area contributed by atoms with Crippen molar-refractivity contribution in [2.75, 3.05) is 32.7 Å². The lowest BCUT2D eigenvalue weighted by molar-refractivity contribution is -0.0297. The van der Waals surface area contributed by atoms with E-state index in [4.69, 9.17) is 0 Å². The summed E-state index contributed by atoms with van der Waals surface area (Å²) in [7, 11) is 0. The third kappa shape index (κ3) is 2.63. The zero-order chi connectivity index (χ0) is 14.2. The minimum Gasteiger partial charge on any atom is -0.311 e. The molecule has 114 valence electrons. The van der Waals surface area contributed by atoms with Crippen LogP contribution in [0.1, 0.15) is 31.4 Å². The van der Waals surface area contributed by atoms with E-state index in [9.17, 15) is 0 Å². The maximum atomic E-state index is 3.69. The van der Waals surface area contributed by atoms with Crippen LogP contribution in [0.4, 0.5) is 0 Å². The van der Waals surface area contributed by atoms with Crippen LogP contribution in [0.5, 0.6) is 0 Å². The van der Waals surface area contributed by atoms with Gasteiger partial charge in [0.2, 0.25) is 0 Å². The number of piperazine rings is 1. The molecule has 3 nitrogen and oxygen atoms in total. The molecule has 0 radical (unpaired) electrons. The fourth-order valence-corrected chi connectivity index (χ4v) is 4.60. The molecule has 1 aromatic rings. The maximum Gasteiger partial charge on any atom is 0.0477 e. The molecular weight excluding hydrogens is 258 g/mol. The van der Waals surface area contributed by atoms with Crippen LogP contribution in [0.15, 0.2) is 30.3 Å². The summed E-state index contributed by atoms with van der Waals surface area (Å²) < 4.78 is 0. The molecule has 0 saturated carbocycles. The number of fused-ring (bicyclic) bond motifs is 3. The van der Waals surface area contributed by atoms with E-state index in [1.807, 2.05) is 0 Å². The highest BCUT2D eigenvalue weighted by molar-refractivity contribution is 5.21. The Hall–Kier alpha value is -0.900. The SMILES string of the molecule is CC1CN(C2CN3CCC2CC3)C(c2ccccc2)CN1. The maximum absolute atomic E-state index is 3.69. The quantitative estimate of drug-likeness (QED) is 0.898. The van der Waals surface area contributed by atoms with Crippen LogP contribution in [-0.4, -0.2) is 54.6 Å². The van der Waals surface area contributed by atoms with Crippen LogP contribution in [0.3, 0.4) is 0 Å². The first-order valence-electron chi connectivity index (χ1n) is 8.57. The van der Waals surface area contributed by atoms with E-state index >= 15 is 0 Å². The topological polar surface area (TPSA) is 18.5 Å². The molecule has 4 aliphatic rings. The van der Waals surface area contributed by atoms with Gasteiger partial charge in [-0.1, -0.05) is 30.3 Å². The first-order chi connectivity index (χ1) is 10.3. The van der Waals surface area contributed by atoms with Crippen LogP contribution in [0, 0.1) is 5.92 Å². The monoisotopic (exact) mass is 285 g/mol. The summed E-state index contributed by atoms with van der Waals surface area (Å²) in [5.41, 5.74) is 1.48. The average molecular weight is 285 g/mol. The number of benzene rings is 1. The van der Waals surface area contributed by atoms with Gasteiger partial charge >= 0.3 is 0 Å². The molecule has 0 aromatic heterocycles. The summed E-state index contributed by atoms with van der Waals surface area (Å²) in [5.74, 6) is 0.923. The van der Waals surface area contributed by atoms with Crippen molar-refractivity contribution < 1.29 is 0 Å². The van der Waals surface area contributed by atoms with Crippen LogP contribution in [0.25, 0.3) is 0 Å². The van der Waals surface area contributed by atoms with Gasteiger partial charge in [0.1, 0.15) is 0 Å². The van der Waals surface area contributed by atoms with E-state index in [1.165, 1.54) is 44.6 Å². The molecule has 0 amide bonds. The Morgan fingerprint density at radius 2 is 1.81 bits per heavy atom. The van der Waals surface area contributed by atoms with Gasteiger partial charge in [-0.2, -0.15) is 0 Å². The molecule has 3 atom stereocenters. The second-order valence-corrected chi connectivity index (χ2v) is 7.14. The lowest BCUT2D eigenvalue weighted by Crippen LogP contribution is -2.63. The molecular formula is C18H27N3. The lowest BCUT2D eigenvalue weighted by atomic mass is 9.81. The number of hydrogen-bond donors (Lipinski definition) is 1. The summed E-state index contributed by atoms with van der Waals surface area (Å²) >= 11 is 0. The van der Waals surface area contributed by atoms with Gasteiger partial charge in [-0.3, -0.25) is 4.90 Å². The van der Waals surface area contributed by atoms with Crippen molar-refractivity contribution in [3.8, 4) is 0 Å². The van der Waals surface area contributed by atoms with Crippen LogP contribution in [-0.2, 0) is 0 Å². The van der Waals surface area contributed by atoms with Gasteiger partial charge in [-0.05, 0) is 44.3 Å². The van der Waals surface area contributed by atoms with Crippen LogP contribution >= 0.6 is 0 Å². The smallest absolute Gasteiger partial charge is 0.0477 e. The molecule has 2 bridgehead atoms. The van der Waals surface area contributed by atoms with Gasteiger partial charge in [0.05, 0.1) is 0 Å². The largest absolute Gasteiger partial charge is 0.311 e. The molecule has 21 heavy (non-hydrogen) atoms. The van der Waals surface area contributed by atoms with Gasteiger partial charge in [-0.15, -0.1) is 0 Å². The average Bonchev–Trinajstić information content (AvgIpc) is 2.56. The zero-order valence-corrected chi connectivity index (χ0v) is 13.0. The fraction of sp³-hybridized carbons (Fsp3) is 0.667. The Morgan fingerprint density at radius 3 is 2.48 bits per heavy atom. The summed E-state index contributed by atoms with van der Waals surface area (Å²) in [5, 5.41) is 3.69. The highest BCUT2D eigenvalue weighted by Gasteiger charge is 2.41. The molecule has 0 spiro atoms. The first-order valence-corrected chi connectivity index (χ1v) is 8.57. The van der Waals surface area contributed by atoms with E-state index in [2.05, 4.69) is 52.4 Å². The van der Waals surface area contributed by atoms with Gasteiger partial charge in [0.25, 0.3) is 0 Å². The van der Waals surface area contributed by atoms with Crippen molar-refractivity contribution in [2.45, 2.75) is 37.9 Å². The summed E-state index contributed by atoms with van der Waals surface area (Å²) in [6, 6.07) is 13.0. The molecule has 5 rings (SSSR count). The third-order valence-corrected chi connectivity index (χ3v) is 5.78. The Morgan fingerprint density at radius 1 is 1.05 bits per heavy atom. The predicted molar refractivity (Wildman–Crippen MR) is 86.3 cm³/mol. The first kappa shape index (κ1) is 13.7. The minimum atomic E-state index is 0.549. The Bertz CT molecular complexity index is 467. The van der Waals surface area contributed by atoms with Gasteiger partial charge in [0.15, 0.2) is 0 Å². The van der Waals surface area contributed by atoms with E-state index < -0.39 is 0 Å². The van der Waals surface area contributed by atoms with E-state index in [0.29, 0.717) is 12.1 Å². The standard InChI is InChI=1S/C18H27N3/c1-14-12-21(18-13-20-9-7-16(18)8-10-20)17(11-19-14)15-5-3-2-4-6-15/h2-6,14,16-19H,7-13H2,1H3. The Balaban J connectivity index is 1.60. The third-order valence-electron chi connectivity index (χ3n) is 5.78. The highest BCUT2D eigenvalue weighted by Crippen LogP contribution is 2.36. The van der Waals surface area contributed by atoms with Crippen molar-refractivity contribution >= 4 is 0 Å². The Labute approximate surface area is 128 Å². The molecule has 3 heteroatoms. The molecule has 3 unspecified atom stereocenters. The van der Waals surface area contributed by atoms with Crippen LogP contribution < -0.4 is 5.32 Å². The molecule has 4 fully saturated rings. The van der Waals surface area contributed by atoms with Crippen LogP contribution in [0.2, 0.25) is 0 Å². The normalized spacial score (nSPS) is 40.3. The number of piperidine rings is 3. The van der Waals surface area contributed by atoms with Crippen molar-refractivity contribution in [1.82, 2.24) is 15.1 Å². The van der Waals surface area contributed by atoms with E-state index in [1.54, 1.807) is 0 Å². The van der Waals surface area contributed by atoms with Gasteiger partial charge in [-0.25, -0.2) is 0 Å². The number of hydrogen-bond acceptors (Lipinski definition) is 3. The number of rotatable bonds is 2. The van der Waals surface area contributed by atoms with Crippen molar-refractivity contribution in [1.29, 1.82) is 0 Å². The van der Waals surface area contributed by atoms with Crippen molar-refractivity contribution in [3.63, 3.8) is 0 Å². The zero-order valence-electron chi connectivity index (χ0n) is 13.0. The molecule has 4 saturated heterocycles. The summed E-state index contributed by atoms with van der Waals surface area (Å²) in [6.45, 7) is 8.57. The lowest BCUT2D eigenvalue weighted by Gasteiger charge is -2.53. The fourth-order valence-electron chi connectivity index (χ4n) is 4.60. The molecule has 4 heterocycles. The number of nitrogens with one attached hydrogen (secondary N) is 1. The molecule has 4 aliphatic heterocycles. The summed E-state index contributed by atoms with van der Waals surface area (Å²) in [4.78, 5) is 5.51. The minimum absolute atomic E-state index is 0.549. The Kier molecular flexibility index (Phi) is 3.74.